The van der Waals surface area contributed by atoms with Crippen LogP contribution in [-0.2, 0) is 0 Å². The van der Waals surface area contributed by atoms with Crippen LogP contribution in [0.1, 0.15) is 96.8 Å². The Kier molecular flexibility index (Phi) is 10.4. The van der Waals surface area contributed by atoms with Crippen molar-refractivity contribution in [2.45, 2.75) is 96.8 Å². The topological polar surface area (TPSA) is 0 Å². The zero-order valence-corrected chi connectivity index (χ0v) is 12.6. The number of unbranched alkanes of at least 4 members (excludes halogenated alkanes) is 9. The van der Waals surface area contributed by atoms with E-state index in [4.69, 9.17) is 0 Å². The minimum Gasteiger partial charge on any atom is -0.0883 e. The van der Waals surface area contributed by atoms with Crippen molar-refractivity contribution in [2.24, 2.45) is 5.92 Å². The molecule has 0 aromatic rings. The predicted molar refractivity (Wildman–Crippen MR) is 82.9 cm³/mol. The first-order valence-corrected chi connectivity index (χ1v) is 8.60. The van der Waals surface area contributed by atoms with Crippen LogP contribution in [0.4, 0.5) is 0 Å². The summed E-state index contributed by atoms with van der Waals surface area (Å²) in [5.41, 5.74) is 0. The van der Waals surface area contributed by atoms with Gasteiger partial charge in [-0.3, -0.25) is 0 Å². The second-order valence-corrected chi connectivity index (χ2v) is 6.09. The van der Waals surface area contributed by atoms with Gasteiger partial charge in [0.1, 0.15) is 0 Å². The highest BCUT2D eigenvalue weighted by Crippen LogP contribution is 2.22. The summed E-state index contributed by atoms with van der Waals surface area (Å²) in [6.07, 6.45) is 25.1. The fourth-order valence-corrected chi connectivity index (χ4v) is 3.02. The highest BCUT2D eigenvalue weighted by atomic mass is 14.1. The van der Waals surface area contributed by atoms with Crippen molar-refractivity contribution < 1.29 is 0 Å². The summed E-state index contributed by atoms with van der Waals surface area (Å²) >= 11 is 0. The predicted octanol–water partition coefficient (Wildman–Crippen LogP) is 6.65. The fourth-order valence-electron chi connectivity index (χ4n) is 3.02. The molecule has 0 amide bonds. The van der Waals surface area contributed by atoms with Gasteiger partial charge in [0.15, 0.2) is 0 Å². The second-order valence-electron chi connectivity index (χ2n) is 6.09. The number of hydrogen-bond acceptors (Lipinski definition) is 0. The molecule has 18 heavy (non-hydrogen) atoms. The quantitative estimate of drug-likeness (QED) is 0.284. The fraction of sp³-hybridized carbons (Fsp3) is 0.889. The van der Waals surface area contributed by atoms with Gasteiger partial charge >= 0.3 is 0 Å². The van der Waals surface area contributed by atoms with Gasteiger partial charge in [0.2, 0.25) is 0 Å². The van der Waals surface area contributed by atoms with E-state index in [9.17, 15) is 0 Å². The smallest absolute Gasteiger partial charge is 0.0233 e. The summed E-state index contributed by atoms with van der Waals surface area (Å²) in [6, 6.07) is 0. The molecule has 1 aliphatic carbocycles. The van der Waals surface area contributed by atoms with Crippen molar-refractivity contribution in [3.05, 3.63) is 12.2 Å². The van der Waals surface area contributed by atoms with Crippen LogP contribution >= 0.6 is 0 Å². The molecule has 0 heterocycles. The highest BCUT2D eigenvalue weighted by molar-refractivity contribution is 4.92. The third kappa shape index (κ3) is 8.78. The second kappa shape index (κ2) is 11.8. The summed E-state index contributed by atoms with van der Waals surface area (Å²) in [7, 11) is 0. The zero-order chi connectivity index (χ0) is 12.9. The van der Waals surface area contributed by atoms with Crippen LogP contribution in [0.15, 0.2) is 12.2 Å². The van der Waals surface area contributed by atoms with Gasteiger partial charge in [0.25, 0.3) is 0 Å². The van der Waals surface area contributed by atoms with Crippen LogP contribution < -0.4 is 0 Å². The zero-order valence-electron chi connectivity index (χ0n) is 12.6. The van der Waals surface area contributed by atoms with Gasteiger partial charge in [-0.25, -0.2) is 0 Å². The lowest BCUT2D eigenvalue weighted by Crippen LogP contribution is -2.00. The van der Waals surface area contributed by atoms with E-state index < -0.39 is 0 Å². The molecule has 0 radical (unpaired) electrons. The lowest BCUT2D eigenvalue weighted by atomic mass is 9.91. The third-order valence-corrected chi connectivity index (χ3v) is 4.28. The summed E-state index contributed by atoms with van der Waals surface area (Å²) < 4.78 is 0. The molecule has 0 spiro atoms. The third-order valence-electron chi connectivity index (χ3n) is 4.28. The van der Waals surface area contributed by atoms with E-state index in [0.717, 1.165) is 5.92 Å². The Bertz CT molecular complexity index is 192. The largest absolute Gasteiger partial charge is 0.0883 e. The van der Waals surface area contributed by atoms with E-state index >= 15 is 0 Å². The van der Waals surface area contributed by atoms with E-state index in [1.54, 1.807) is 0 Å². The molecule has 0 N–H and O–H groups in total. The Morgan fingerprint density at radius 3 is 2.00 bits per heavy atom. The molecule has 0 nitrogen and oxygen atoms in total. The molecule has 0 saturated carbocycles. The molecule has 0 saturated heterocycles. The molecule has 0 aliphatic heterocycles. The Hall–Kier alpha value is -0.260. The minimum atomic E-state index is 0.924. The summed E-state index contributed by atoms with van der Waals surface area (Å²) in [4.78, 5) is 0. The monoisotopic (exact) mass is 250 g/mol. The van der Waals surface area contributed by atoms with Crippen molar-refractivity contribution in [2.75, 3.05) is 0 Å². The molecule has 0 fully saturated rings. The van der Waals surface area contributed by atoms with Crippen LogP contribution in [0.25, 0.3) is 0 Å². The van der Waals surface area contributed by atoms with Gasteiger partial charge in [-0.1, -0.05) is 83.3 Å². The average Bonchev–Trinajstić information content (AvgIpc) is 2.42. The highest BCUT2D eigenvalue weighted by Gasteiger charge is 2.07. The normalized spacial score (nSPS) is 19.3. The molecule has 106 valence electrons. The standard InChI is InChI=1S/C18H34/c1-2-3-4-5-6-7-8-9-10-12-15-18-16-13-11-14-17-18/h13,16,18H,2-12,14-15,17H2,1H3. The van der Waals surface area contributed by atoms with Gasteiger partial charge in [0, 0.05) is 0 Å². The minimum absolute atomic E-state index is 0.924. The van der Waals surface area contributed by atoms with Gasteiger partial charge in [-0.05, 0) is 31.6 Å². The Morgan fingerprint density at radius 2 is 1.44 bits per heavy atom. The van der Waals surface area contributed by atoms with Crippen LogP contribution in [-0.4, -0.2) is 0 Å². The maximum absolute atomic E-state index is 2.47. The van der Waals surface area contributed by atoms with E-state index in [-0.39, 0.29) is 0 Å². The number of rotatable bonds is 11. The molecule has 1 atom stereocenters. The maximum Gasteiger partial charge on any atom is -0.0233 e. The Balaban J connectivity index is 1.75. The number of allylic oxidation sites excluding steroid dienone is 2. The SMILES string of the molecule is CCCCCCCCCCCCC1C=CCCC1. The van der Waals surface area contributed by atoms with Gasteiger partial charge in [-0.2, -0.15) is 0 Å². The maximum atomic E-state index is 2.47. The molecule has 0 heteroatoms. The molecule has 0 bridgehead atoms. The van der Waals surface area contributed by atoms with Crippen molar-refractivity contribution in [3.63, 3.8) is 0 Å². The van der Waals surface area contributed by atoms with E-state index in [1.807, 2.05) is 0 Å². The first-order valence-electron chi connectivity index (χ1n) is 8.60. The lowest BCUT2D eigenvalue weighted by Gasteiger charge is -2.15. The lowest BCUT2D eigenvalue weighted by molar-refractivity contribution is 0.467. The number of hydrogen-bond donors (Lipinski definition) is 0. The molecule has 1 aliphatic rings. The van der Waals surface area contributed by atoms with Crippen LogP contribution in [0.3, 0.4) is 0 Å². The Labute approximate surface area is 115 Å². The average molecular weight is 250 g/mol. The van der Waals surface area contributed by atoms with Crippen molar-refractivity contribution >= 4 is 0 Å². The van der Waals surface area contributed by atoms with Crippen molar-refractivity contribution in [1.82, 2.24) is 0 Å². The first kappa shape index (κ1) is 15.8. The van der Waals surface area contributed by atoms with E-state index in [1.165, 1.54) is 89.9 Å². The van der Waals surface area contributed by atoms with Gasteiger partial charge in [-0.15, -0.1) is 0 Å². The van der Waals surface area contributed by atoms with Crippen molar-refractivity contribution in [3.8, 4) is 0 Å². The van der Waals surface area contributed by atoms with E-state index in [0.29, 0.717) is 0 Å². The Morgan fingerprint density at radius 1 is 0.833 bits per heavy atom. The van der Waals surface area contributed by atoms with E-state index in [2.05, 4.69) is 19.1 Å². The van der Waals surface area contributed by atoms with Crippen LogP contribution in [0.5, 0.6) is 0 Å². The summed E-state index contributed by atoms with van der Waals surface area (Å²) in [6.45, 7) is 2.29. The molecule has 1 unspecified atom stereocenters. The van der Waals surface area contributed by atoms with Gasteiger partial charge in [0.05, 0.1) is 0 Å². The molecule has 1 rings (SSSR count). The summed E-state index contributed by atoms with van der Waals surface area (Å²) in [5.74, 6) is 0.924. The molecule has 0 aromatic heterocycles. The van der Waals surface area contributed by atoms with Gasteiger partial charge < -0.3 is 0 Å². The molecular formula is C18H34. The molecule has 0 aromatic carbocycles. The summed E-state index contributed by atoms with van der Waals surface area (Å²) in [5, 5.41) is 0. The van der Waals surface area contributed by atoms with Crippen molar-refractivity contribution in [1.29, 1.82) is 0 Å². The molecular weight excluding hydrogens is 216 g/mol. The van der Waals surface area contributed by atoms with Crippen LogP contribution in [0.2, 0.25) is 0 Å². The van der Waals surface area contributed by atoms with Crippen LogP contribution in [0, 0.1) is 5.92 Å². The first-order chi connectivity index (χ1) is 8.93.